The number of H-pyrrole nitrogens is 1. The van der Waals surface area contributed by atoms with Crippen LogP contribution in [0.2, 0.25) is 0 Å². The number of thioether (sulfide) groups is 1. The highest BCUT2D eigenvalue weighted by Crippen LogP contribution is 2.25. The van der Waals surface area contributed by atoms with E-state index in [4.69, 9.17) is 4.74 Å². The molecule has 0 aliphatic heterocycles. The molecule has 2 N–H and O–H groups in total. The molecule has 32 heavy (non-hydrogen) atoms. The molecule has 12 heteroatoms. The quantitative estimate of drug-likeness (QED) is 0.229. The maximum absolute atomic E-state index is 12.3. The van der Waals surface area contributed by atoms with E-state index in [2.05, 4.69) is 15.3 Å². The molecule has 0 aliphatic carbocycles. The van der Waals surface area contributed by atoms with Gasteiger partial charge >= 0.3 is 0 Å². The number of hydrogen-bond acceptors (Lipinski definition) is 8. The van der Waals surface area contributed by atoms with Crippen LogP contribution in [0.4, 0.5) is 11.4 Å². The third kappa shape index (κ3) is 5.84. The minimum absolute atomic E-state index is 0. The Bertz CT molecular complexity index is 1240. The molecular weight excluding hydrogens is 458 g/mol. The van der Waals surface area contributed by atoms with Crippen LogP contribution in [0.25, 0.3) is 11.3 Å². The summed E-state index contributed by atoms with van der Waals surface area (Å²) < 4.78 is 5.17. The maximum atomic E-state index is 12.3. The number of carbonyl (C=O) groups is 1. The molecule has 0 aliphatic rings. The fraction of sp³-hybridized carbons (Fsp3) is 0.100. The van der Waals surface area contributed by atoms with Gasteiger partial charge in [-0.15, -0.1) is 12.4 Å². The van der Waals surface area contributed by atoms with Crippen molar-refractivity contribution in [1.82, 2.24) is 9.97 Å². The Hall–Kier alpha value is -3.88. The Labute approximate surface area is 192 Å². The minimum Gasteiger partial charge on any atom is -0.497 e. The van der Waals surface area contributed by atoms with Crippen molar-refractivity contribution in [3.63, 3.8) is 0 Å². The molecule has 0 unspecified atom stereocenters. The highest BCUT2D eigenvalue weighted by Gasteiger charge is 2.15. The first-order chi connectivity index (χ1) is 14.9. The number of nitrogens with zero attached hydrogens (tertiary/aromatic N) is 3. The zero-order chi connectivity index (χ0) is 22.4. The molecule has 1 aromatic heterocycles. The molecule has 0 spiro atoms. The number of anilines is 1. The van der Waals surface area contributed by atoms with Gasteiger partial charge in [0, 0.05) is 23.4 Å². The highest BCUT2D eigenvalue weighted by atomic mass is 35.5. The second-order valence-electron chi connectivity index (χ2n) is 6.08. The fourth-order valence-electron chi connectivity index (χ4n) is 2.60. The number of nitriles is 1. The topological polar surface area (TPSA) is 151 Å². The molecule has 164 valence electrons. The number of rotatable bonds is 7. The zero-order valence-corrected chi connectivity index (χ0v) is 18.2. The first kappa shape index (κ1) is 24.4. The molecule has 0 saturated carbocycles. The lowest BCUT2D eigenvalue weighted by Crippen LogP contribution is -2.17. The lowest BCUT2D eigenvalue weighted by Gasteiger charge is -2.08. The summed E-state index contributed by atoms with van der Waals surface area (Å²) in [4.78, 5) is 41.5. The summed E-state index contributed by atoms with van der Waals surface area (Å²) in [5.74, 6) is 0.0672. The SMILES string of the molecule is COc1cccc(-c2nc(SCC(=O)Nc3ccc([N+](=O)[O-])cc3)[nH]c(=O)c2C#N)c1.Cl. The molecule has 3 aromatic rings. The third-order valence-electron chi connectivity index (χ3n) is 4.05. The van der Waals surface area contributed by atoms with Gasteiger partial charge in [0.15, 0.2) is 5.16 Å². The largest absolute Gasteiger partial charge is 0.497 e. The van der Waals surface area contributed by atoms with Crippen molar-refractivity contribution in [2.24, 2.45) is 0 Å². The lowest BCUT2D eigenvalue weighted by molar-refractivity contribution is -0.384. The van der Waals surface area contributed by atoms with Crippen LogP contribution < -0.4 is 15.6 Å². The Morgan fingerprint density at radius 3 is 2.66 bits per heavy atom. The normalized spacial score (nSPS) is 9.88. The summed E-state index contributed by atoms with van der Waals surface area (Å²) in [5, 5.41) is 22.8. The molecule has 0 radical (unpaired) electrons. The first-order valence-electron chi connectivity index (χ1n) is 8.77. The number of nitrogens with one attached hydrogen (secondary N) is 2. The molecule has 1 amide bonds. The van der Waals surface area contributed by atoms with Crippen LogP contribution >= 0.6 is 24.2 Å². The van der Waals surface area contributed by atoms with Crippen LogP contribution in [-0.2, 0) is 4.79 Å². The second kappa shape index (κ2) is 10.9. The number of methoxy groups -OCH3 is 1. The number of nitro groups is 1. The number of carbonyl (C=O) groups excluding carboxylic acids is 1. The molecule has 3 rings (SSSR count). The summed E-state index contributed by atoms with van der Waals surface area (Å²) in [6.07, 6.45) is 0. The fourth-order valence-corrected chi connectivity index (χ4v) is 3.26. The van der Waals surface area contributed by atoms with Gasteiger partial charge in [-0.25, -0.2) is 4.98 Å². The van der Waals surface area contributed by atoms with Crippen LogP contribution in [0.1, 0.15) is 5.56 Å². The van der Waals surface area contributed by atoms with Crippen LogP contribution in [-0.4, -0.2) is 33.7 Å². The van der Waals surface area contributed by atoms with Crippen molar-refractivity contribution in [1.29, 1.82) is 5.26 Å². The van der Waals surface area contributed by atoms with E-state index in [9.17, 15) is 25.0 Å². The van der Waals surface area contributed by atoms with E-state index in [1.54, 1.807) is 24.3 Å². The average molecular weight is 474 g/mol. The number of hydrogen-bond donors (Lipinski definition) is 2. The standard InChI is InChI=1S/C20H15N5O5S.ClH/c1-30-15-4-2-3-12(9-15)18-16(10-21)19(27)24-20(23-18)31-11-17(26)22-13-5-7-14(8-6-13)25(28)29;/h2-9H,11H2,1H3,(H,22,26)(H,23,24,27);1H. The Morgan fingerprint density at radius 1 is 1.31 bits per heavy atom. The van der Waals surface area contributed by atoms with E-state index < -0.39 is 16.4 Å². The van der Waals surface area contributed by atoms with E-state index in [-0.39, 0.29) is 40.3 Å². The van der Waals surface area contributed by atoms with Crippen molar-refractivity contribution in [3.05, 3.63) is 74.6 Å². The summed E-state index contributed by atoms with van der Waals surface area (Å²) in [6, 6.07) is 14.0. The van der Waals surface area contributed by atoms with Gasteiger partial charge in [-0.05, 0) is 24.3 Å². The van der Waals surface area contributed by atoms with E-state index >= 15 is 0 Å². The van der Waals surface area contributed by atoms with E-state index in [0.29, 0.717) is 17.0 Å². The smallest absolute Gasteiger partial charge is 0.270 e. The lowest BCUT2D eigenvalue weighted by atomic mass is 10.1. The van der Waals surface area contributed by atoms with Gasteiger partial charge in [-0.2, -0.15) is 5.26 Å². The van der Waals surface area contributed by atoms with Crippen molar-refractivity contribution < 1.29 is 14.5 Å². The minimum atomic E-state index is -0.617. The van der Waals surface area contributed by atoms with E-state index in [0.717, 1.165) is 11.8 Å². The van der Waals surface area contributed by atoms with Crippen molar-refractivity contribution in [3.8, 4) is 23.1 Å². The van der Waals surface area contributed by atoms with Crippen molar-refractivity contribution in [2.75, 3.05) is 18.2 Å². The molecule has 2 aromatic carbocycles. The Kier molecular flexibility index (Phi) is 8.34. The number of ether oxygens (including phenoxy) is 1. The molecular formula is C20H16ClN5O5S. The van der Waals surface area contributed by atoms with Crippen LogP contribution in [0.15, 0.2) is 58.5 Å². The molecule has 0 saturated heterocycles. The average Bonchev–Trinajstić information content (AvgIpc) is 2.77. The Balaban J connectivity index is 0.00000363. The molecule has 10 nitrogen and oxygen atoms in total. The highest BCUT2D eigenvalue weighted by molar-refractivity contribution is 7.99. The summed E-state index contributed by atoms with van der Waals surface area (Å²) in [5.41, 5.74) is 0.260. The number of aromatic amines is 1. The van der Waals surface area contributed by atoms with E-state index in [1.165, 1.54) is 31.4 Å². The summed E-state index contributed by atoms with van der Waals surface area (Å²) in [6.45, 7) is 0. The monoisotopic (exact) mass is 473 g/mol. The van der Waals surface area contributed by atoms with Crippen LogP contribution in [0.3, 0.4) is 0 Å². The van der Waals surface area contributed by atoms with Gasteiger partial charge in [-0.3, -0.25) is 19.7 Å². The number of aromatic nitrogens is 2. The van der Waals surface area contributed by atoms with Crippen molar-refractivity contribution in [2.45, 2.75) is 5.16 Å². The predicted octanol–water partition coefficient (Wildman–Crippen LogP) is 3.38. The van der Waals surface area contributed by atoms with Crippen LogP contribution in [0, 0.1) is 21.4 Å². The second-order valence-corrected chi connectivity index (χ2v) is 7.04. The first-order valence-corrected chi connectivity index (χ1v) is 9.75. The number of benzene rings is 2. The van der Waals surface area contributed by atoms with Gasteiger partial charge in [0.1, 0.15) is 17.4 Å². The van der Waals surface area contributed by atoms with E-state index in [1.807, 2.05) is 6.07 Å². The zero-order valence-electron chi connectivity index (χ0n) is 16.5. The summed E-state index contributed by atoms with van der Waals surface area (Å²) in [7, 11) is 1.50. The van der Waals surface area contributed by atoms with Gasteiger partial charge in [0.25, 0.3) is 11.2 Å². The summed E-state index contributed by atoms with van der Waals surface area (Å²) >= 11 is 0.980. The van der Waals surface area contributed by atoms with Gasteiger partial charge in [0.2, 0.25) is 5.91 Å². The molecule has 0 bridgehead atoms. The number of halogens is 1. The van der Waals surface area contributed by atoms with Gasteiger partial charge in [-0.1, -0.05) is 23.9 Å². The predicted molar refractivity (Wildman–Crippen MR) is 121 cm³/mol. The molecule has 0 fully saturated rings. The maximum Gasteiger partial charge on any atom is 0.270 e. The van der Waals surface area contributed by atoms with Gasteiger partial charge < -0.3 is 15.0 Å². The molecule has 0 atom stereocenters. The number of amides is 1. The van der Waals surface area contributed by atoms with Crippen molar-refractivity contribution >= 4 is 41.5 Å². The van der Waals surface area contributed by atoms with Gasteiger partial charge in [0.05, 0.1) is 23.5 Å². The third-order valence-corrected chi connectivity index (χ3v) is 4.93. The Morgan fingerprint density at radius 2 is 2.03 bits per heavy atom. The number of nitro benzene ring substituents is 1. The number of non-ortho nitro benzene ring substituents is 1. The molecule has 1 heterocycles. The van der Waals surface area contributed by atoms with Crippen LogP contribution in [0.5, 0.6) is 5.75 Å².